The summed E-state index contributed by atoms with van der Waals surface area (Å²) in [5, 5.41) is 54.1. The summed E-state index contributed by atoms with van der Waals surface area (Å²) in [7, 11) is 0. The molecule has 1 amide bonds. The van der Waals surface area contributed by atoms with Crippen molar-refractivity contribution < 1.29 is 39.8 Å². The molecule has 9 nitrogen and oxygen atoms in total. The molecule has 0 spiro atoms. The highest BCUT2D eigenvalue weighted by molar-refractivity contribution is 5.76. The van der Waals surface area contributed by atoms with Gasteiger partial charge in [0.15, 0.2) is 6.29 Å². The van der Waals surface area contributed by atoms with Gasteiger partial charge in [-0.1, -0.05) is 230 Å². The molecule has 0 saturated carbocycles. The van der Waals surface area contributed by atoms with Crippen LogP contribution in [-0.2, 0) is 14.3 Å². The number of unbranched alkanes of at least 4 members (excludes halogenated alkanes) is 31. The lowest BCUT2D eigenvalue weighted by Crippen LogP contribution is -2.60. The van der Waals surface area contributed by atoms with Crippen LogP contribution in [0.15, 0.2) is 36.5 Å². The Kier molecular flexibility index (Phi) is 41.7. The van der Waals surface area contributed by atoms with Crippen LogP contribution >= 0.6 is 0 Å². The second-order valence-corrected chi connectivity index (χ2v) is 18.7. The van der Waals surface area contributed by atoms with Gasteiger partial charge >= 0.3 is 0 Å². The largest absolute Gasteiger partial charge is 0.394 e. The highest BCUT2D eigenvalue weighted by Gasteiger charge is 2.44. The van der Waals surface area contributed by atoms with Crippen molar-refractivity contribution in [1.29, 1.82) is 0 Å². The number of aliphatic hydroxyl groups is 5. The van der Waals surface area contributed by atoms with Gasteiger partial charge in [-0.3, -0.25) is 4.79 Å². The predicted octanol–water partition coefficient (Wildman–Crippen LogP) is 12.4. The summed E-state index contributed by atoms with van der Waals surface area (Å²) in [6.45, 7) is 3.72. The number of nitrogens with one attached hydrogen (secondary N) is 1. The van der Waals surface area contributed by atoms with Crippen LogP contribution in [-0.4, -0.2) is 87.5 Å². The van der Waals surface area contributed by atoms with E-state index in [0.717, 1.165) is 44.9 Å². The second-order valence-electron chi connectivity index (χ2n) is 18.7. The second kappa shape index (κ2) is 44.3. The number of carbonyl (C=O) groups is 1. The number of hydrogen-bond donors (Lipinski definition) is 6. The number of amides is 1. The van der Waals surface area contributed by atoms with E-state index in [1.807, 2.05) is 6.08 Å². The van der Waals surface area contributed by atoms with Gasteiger partial charge in [-0.2, -0.15) is 0 Å². The molecule has 0 aliphatic carbocycles. The minimum Gasteiger partial charge on any atom is -0.394 e. The van der Waals surface area contributed by atoms with Crippen molar-refractivity contribution in [2.45, 2.75) is 288 Å². The van der Waals surface area contributed by atoms with Crippen molar-refractivity contribution in [1.82, 2.24) is 5.32 Å². The predicted molar refractivity (Wildman–Crippen MR) is 263 cm³/mol. The van der Waals surface area contributed by atoms with Gasteiger partial charge in [-0.25, -0.2) is 0 Å². The fourth-order valence-electron chi connectivity index (χ4n) is 8.42. The average molecular weight is 892 g/mol. The fraction of sp³-hybridized carbons (Fsp3) is 0.870. The van der Waals surface area contributed by atoms with Crippen LogP contribution < -0.4 is 5.32 Å². The lowest BCUT2D eigenvalue weighted by atomic mass is 9.99. The van der Waals surface area contributed by atoms with Crippen LogP contribution in [0.3, 0.4) is 0 Å². The van der Waals surface area contributed by atoms with Crippen LogP contribution in [0.4, 0.5) is 0 Å². The molecule has 1 fully saturated rings. The summed E-state index contributed by atoms with van der Waals surface area (Å²) in [6.07, 6.45) is 49.7. The Morgan fingerprint density at radius 1 is 0.524 bits per heavy atom. The van der Waals surface area contributed by atoms with Gasteiger partial charge in [0.05, 0.1) is 25.4 Å². The van der Waals surface area contributed by atoms with Crippen LogP contribution in [0, 0.1) is 0 Å². The fourth-order valence-corrected chi connectivity index (χ4v) is 8.42. The SMILES string of the molecule is CCCCCCCCCCCCCCCCCCCCCCCC/C=C/CC/C=C/CC/C=C/C(O)C(COC1OC(CO)C(O)C(O)C1O)NC(=O)CCCCCCCCCC. The van der Waals surface area contributed by atoms with E-state index < -0.39 is 49.5 Å². The van der Waals surface area contributed by atoms with Gasteiger partial charge in [0, 0.05) is 6.42 Å². The van der Waals surface area contributed by atoms with Gasteiger partial charge in [-0.05, 0) is 44.9 Å². The van der Waals surface area contributed by atoms with Crippen LogP contribution in [0.5, 0.6) is 0 Å². The molecule has 0 aromatic carbocycles. The summed E-state index contributed by atoms with van der Waals surface area (Å²) in [6, 6.07) is -0.823. The molecule has 9 heteroatoms. The number of allylic oxidation sites excluding steroid dienone is 5. The van der Waals surface area contributed by atoms with Crippen LogP contribution in [0.1, 0.15) is 245 Å². The van der Waals surface area contributed by atoms with E-state index in [2.05, 4.69) is 43.5 Å². The number of hydrogen-bond acceptors (Lipinski definition) is 8. The normalized spacial score (nSPS) is 20.4. The lowest BCUT2D eigenvalue weighted by Gasteiger charge is -2.40. The first-order valence-corrected chi connectivity index (χ1v) is 26.7. The van der Waals surface area contributed by atoms with Crippen molar-refractivity contribution in [3.63, 3.8) is 0 Å². The molecular weight excluding hydrogens is 791 g/mol. The zero-order valence-corrected chi connectivity index (χ0v) is 40.8. The van der Waals surface area contributed by atoms with Gasteiger partial charge < -0.3 is 40.3 Å². The molecule has 7 unspecified atom stereocenters. The number of ether oxygens (including phenoxy) is 2. The first kappa shape index (κ1) is 59.4. The Morgan fingerprint density at radius 3 is 1.33 bits per heavy atom. The molecule has 0 bridgehead atoms. The van der Waals surface area contributed by atoms with Gasteiger partial charge in [0.25, 0.3) is 0 Å². The molecule has 1 aliphatic heterocycles. The summed E-state index contributed by atoms with van der Waals surface area (Å²) >= 11 is 0. The molecule has 370 valence electrons. The number of aliphatic hydroxyl groups excluding tert-OH is 5. The van der Waals surface area contributed by atoms with Crippen LogP contribution in [0.2, 0.25) is 0 Å². The van der Waals surface area contributed by atoms with Crippen molar-refractivity contribution in [3.8, 4) is 0 Å². The van der Waals surface area contributed by atoms with Crippen molar-refractivity contribution in [2.75, 3.05) is 13.2 Å². The topological polar surface area (TPSA) is 149 Å². The maximum absolute atomic E-state index is 12.9. The van der Waals surface area contributed by atoms with Gasteiger partial charge in [0.2, 0.25) is 5.91 Å². The Bertz CT molecular complexity index is 1080. The molecule has 1 aliphatic rings. The molecule has 0 radical (unpaired) electrons. The zero-order chi connectivity index (χ0) is 45.9. The average Bonchev–Trinajstić information content (AvgIpc) is 3.28. The summed E-state index contributed by atoms with van der Waals surface area (Å²) in [4.78, 5) is 12.9. The smallest absolute Gasteiger partial charge is 0.220 e. The van der Waals surface area contributed by atoms with Crippen molar-refractivity contribution in [3.05, 3.63) is 36.5 Å². The number of carbonyl (C=O) groups excluding carboxylic acids is 1. The Hall–Kier alpha value is -1.59. The minimum absolute atomic E-state index is 0.196. The summed E-state index contributed by atoms with van der Waals surface area (Å²) in [5.74, 6) is -0.196. The minimum atomic E-state index is -1.57. The summed E-state index contributed by atoms with van der Waals surface area (Å²) < 4.78 is 11.2. The van der Waals surface area contributed by atoms with E-state index in [4.69, 9.17) is 9.47 Å². The van der Waals surface area contributed by atoms with Crippen molar-refractivity contribution in [2.24, 2.45) is 0 Å². The Balaban J connectivity index is 2.15. The Labute approximate surface area is 387 Å². The molecule has 6 N–H and O–H groups in total. The monoisotopic (exact) mass is 892 g/mol. The molecule has 0 aromatic heterocycles. The van der Waals surface area contributed by atoms with Crippen LogP contribution in [0.25, 0.3) is 0 Å². The van der Waals surface area contributed by atoms with Gasteiger partial charge in [0.1, 0.15) is 24.4 Å². The van der Waals surface area contributed by atoms with E-state index >= 15 is 0 Å². The molecule has 1 rings (SSSR count). The quantitative estimate of drug-likeness (QED) is 0.0261. The first-order valence-electron chi connectivity index (χ1n) is 26.7. The highest BCUT2D eigenvalue weighted by Crippen LogP contribution is 2.23. The maximum atomic E-state index is 12.9. The maximum Gasteiger partial charge on any atom is 0.220 e. The first-order chi connectivity index (χ1) is 30.8. The zero-order valence-electron chi connectivity index (χ0n) is 40.8. The lowest BCUT2D eigenvalue weighted by molar-refractivity contribution is -0.302. The van der Waals surface area contributed by atoms with E-state index in [0.29, 0.717) is 6.42 Å². The number of rotatable bonds is 45. The van der Waals surface area contributed by atoms with E-state index in [1.54, 1.807) is 6.08 Å². The standard InChI is InChI=1S/C54H101NO8/c1-3-5-7-9-11-13-14-15-16-17-18-19-20-21-22-23-24-25-26-27-28-29-30-31-32-33-34-35-36-37-39-41-43-48(57)47(55-50(58)44-42-40-38-12-10-8-6-4-2)46-62-54-53(61)52(60)51(59)49(45-56)63-54/h31-32,35-36,41,43,47-49,51-54,56-57,59-61H,3-30,33-34,37-40,42,44-46H2,1-2H3,(H,55,58)/b32-31+,36-35+,43-41+. The molecule has 1 heterocycles. The van der Waals surface area contributed by atoms with E-state index in [9.17, 15) is 30.3 Å². The third kappa shape index (κ3) is 34.4. The highest BCUT2D eigenvalue weighted by atomic mass is 16.7. The third-order valence-electron chi connectivity index (χ3n) is 12.7. The molecular formula is C54H101NO8. The summed E-state index contributed by atoms with van der Waals surface area (Å²) in [5.41, 5.74) is 0. The third-order valence-corrected chi connectivity index (χ3v) is 12.7. The molecule has 7 atom stereocenters. The van der Waals surface area contributed by atoms with Crippen molar-refractivity contribution >= 4 is 5.91 Å². The Morgan fingerprint density at radius 2 is 0.905 bits per heavy atom. The van der Waals surface area contributed by atoms with E-state index in [-0.39, 0.29) is 12.5 Å². The molecule has 63 heavy (non-hydrogen) atoms. The van der Waals surface area contributed by atoms with Gasteiger partial charge in [-0.15, -0.1) is 0 Å². The van der Waals surface area contributed by atoms with E-state index in [1.165, 1.54) is 180 Å². The molecule has 1 saturated heterocycles. The molecule has 0 aromatic rings.